The lowest BCUT2D eigenvalue weighted by Gasteiger charge is -2.14. The highest BCUT2D eigenvalue weighted by Gasteiger charge is 2.43. The van der Waals surface area contributed by atoms with Crippen molar-refractivity contribution in [1.29, 1.82) is 0 Å². The third kappa shape index (κ3) is 3.80. The minimum atomic E-state index is -0.329. The van der Waals surface area contributed by atoms with Crippen LogP contribution in [-0.4, -0.2) is 23.7 Å². The van der Waals surface area contributed by atoms with Crippen LogP contribution in [0.4, 0.5) is 0 Å². The summed E-state index contributed by atoms with van der Waals surface area (Å²) in [6, 6.07) is 10.2. The molecule has 1 aliphatic rings. The smallest absolute Gasteiger partial charge is 0.223 e. The van der Waals surface area contributed by atoms with Gasteiger partial charge in [0.25, 0.3) is 0 Å². The van der Waals surface area contributed by atoms with Crippen molar-refractivity contribution in [3.05, 3.63) is 35.9 Å². The molecule has 0 heterocycles. The van der Waals surface area contributed by atoms with E-state index in [1.54, 1.807) is 0 Å². The number of aliphatic hydroxyl groups excluding tert-OH is 1. The molecule has 1 aliphatic carbocycles. The fourth-order valence-corrected chi connectivity index (χ4v) is 2.36. The Balaban J connectivity index is 1.72. The average Bonchev–Trinajstić information content (AvgIpc) is 3.19. The zero-order chi connectivity index (χ0) is 13.8. The Bertz CT molecular complexity index is 416. The maximum Gasteiger partial charge on any atom is 0.223 e. The molecule has 2 N–H and O–H groups in total. The number of hydrogen-bond donors (Lipinski definition) is 2. The minimum Gasteiger partial charge on any atom is -0.393 e. The summed E-state index contributed by atoms with van der Waals surface area (Å²) >= 11 is 0. The third-order valence-corrected chi connectivity index (χ3v) is 3.86. The van der Waals surface area contributed by atoms with Crippen molar-refractivity contribution in [1.82, 2.24) is 5.32 Å². The molecule has 3 atom stereocenters. The first-order valence-corrected chi connectivity index (χ1v) is 7.10. The molecule has 3 unspecified atom stereocenters. The molecular weight excluding hydrogens is 238 g/mol. The van der Waals surface area contributed by atoms with E-state index in [0.29, 0.717) is 18.9 Å². The molecule has 19 heavy (non-hydrogen) atoms. The van der Waals surface area contributed by atoms with Crippen molar-refractivity contribution in [2.24, 2.45) is 11.8 Å². The molecule has 1 aromatic carbocycles. The molecule has 0 saturated heterocycles. The summed E-state index contributed by atoms with van der Waals surface area (Å²) in [5.41, 5.74) is 1.25. The lowest BCUT2D eigenvalue weighted by Crippen LogP contribution is -2.30. The molecular formula is C16H23NO2. The van der Waals surface area contributed by atoms with Gasteiger partial charge in [-0.2, -0.15) is 0 Å². The maximum absolute atomic E-state index is 11.9. The number of amides is 1. The molecule has 2 rings (SSSR count). The van der Waals surface area contributed by atoms with Crippen molar-refractivity contribution in [3.63, 3.8) is 0 Å². The van der Waals surface area contributed by atoms with Gasteiger partial charge in [-0.05, 0) is 30.2 Å². The van der Waals surface area contributed by atoms with E-state index in [2.05, 4.69) is 17.4 Å². The Morgan fingerprint density at radius 2 is 2.05 bits per heavy atom. The zero-order valence-electron chi connectivity index (χ0n) is 11.7. The highest BCUT2D eigenvalue weighted by atomic mass is 16.3. The third-order valence-electron chi connectivity index (χ3n) is 3.86. The number of carbonyl (C=O) groups is 1. The molecule has 0 radical (unpaired) electrons. The van der Waals surface area contributed by atoms with Crippen molar-refractivity contribution in [2.75, 3.05) is 6.54 Å². The second-order valence-corrected chi connectivity index (χ2v) is 5.75. The van der Waals surface area contributed by atoms with Crippen LogP contribution in [0.15, 0.2) is 30.3 Å². The Morgan fingerprint density at radius 1 is 1.37 bits per heavy atom. The molecule has 3 nitrogen and oxygen atoms in total. The second kappa shape index (κ2) is 6.20. The van der Waals surface area contributed by atoms with Gasteiger partial charge in [0.05, 0.1) is 6.10 Å². The number of hydrogen-bond acceptors (Lipinski definition) is 2. The van der Waals surface area contributed by atoms with Crippen molar-refractivity contribution in [2.45, 2.75) is 38.7 Å². The maximum atomic E-state index is 11.9. The minimum absolute atomic E-state index is 0.124. The average molecular weight is 261 g/mol. The van der Waals surface area contributed by atoms with Gasteiger partial charge >= 0.3 is 0 Å². The standard InChI is InChI=1S/C16H23NO2/c1-11(2)15(18)8-9-17-16(19)14-10-13(14)12-6-4-3-5-7-12/h3-7,11,13-15,18H,8-10H2,1-2H3,(H,17,19). The molecule has 0 aromatic heterocycles. The summed E-state index contributed by atoms with van der Waals surface area (Å²) in [5, 5.41) is 12.6. The first kappa shape index (κ1) is 14.1. The molecule has 1 fully saturated rings. The molecule has 0 spiro atoms. The van der Waals surface area contributed by atoms with E-state index in [0.717, 1.165) is 6.42 Å². The first-order valence-electron chi connectivity index (χ1n) is 7.10. The van der Waals surface area contributed by atoms with E-state index >= 15 is 0 Å². The normalized spacial score (nSPS) is 23.2. The van der Waals surface area contributed by atoms with Crippen molar-refractivity contribution < 1.29 is 9.90 Å². The van der Waals surface area contributed by atoms with Crippen LogP contribution in [0.25, 0.3) is 0 Å². The van der Waals surface area contributed by atoms with Gasteiger partial charge in [0.2, 0.25) is 5.91 Å². The number of carbonyl (C=O) groups excluding carboxylic acids is 1. The molecule has 104 valence electrons. The summed E-state index contributed by atoms with van der Waals surface area (Å²) in [7, 11) is 0. The fourth-order valence-electron chi connectivity index (χ4n) is 2.36. The van der Waals surface area contributed by atoms with Gasteiger partial charge in [-0.3, -0.25) is 4.79 Å². The lowest BCUT2D eigenvalue weighted by atomic mass is 10.0. The van der Waals surface area contributed by atoms with Gasteiger partial charge in [0.1, 0.15) is 0 Å². The van der Waals surface area contributed by atoms with Gasteiger partial charge in [-0.1, -0.05) is 44.2 Å². The zero-order valence-corrected chi connectivity index (χ0v) is 11.7. The molecule has 0 aliphatic heterocycles. The fraction of sp³-hybridized carbons (Fsp3) is 0.562. The summed E-state index contributed by atoms with van der Waals surface area (Å²) in [6.07, 6.45) is 1.25. The van der Waals surface area contributed by atoms with Crippen LogP contribution < -0.4 is 5.32 Å². The number of nitrogens with one attached hydrogen (secondary N) is 1. The van der Waals surface area contributed by atoms with Crippen LogP contribution in [0.1, 0.15) is 38.2 Å². The van der Waals surface area contributed by atoms with Crippen LogP contribution in [0.2, 0.25) is 0 Å². The van der Waals surface area contributed by atoms with E-state index in [1.165, 1.54) is 5.56 Å². The van der Waals surface area contributed by atoms with Crippen LogP contribution in [0, 0.1) is 11.8 Å². The second-order valence-electron chi connectivity index (χ2n) is 5.75. The van der Waals surface area contributed by atoms with E-state index in [-0.39, 0.29) is 23.8 Å². The predicted octanol–water partition coefficient (Wildman–Crippen LogP) is 2.31. The topological polar surface area (TPSA) is 49.3 Å². The quantitative estimate of drug-likeness (QED) is 0.825. The van der Waals surface area contributed by atoms with E-state index < -0.39 is 0 Å². The largest absolute Gasteiger partial charge is 0.393 e. The van der Waals surface area contributed by atoms with Gasteiger partial charge in [0.15, 0.2) is 0 Å². The highest BCUT2D eigenvalue weighted by Crippen LogP contribution is 2.47. The molecule has 1 amide bonds. The summed E-state index contributed by atoms with van der Waals surface area (Å²) < 4.78 is 0. The molecule has 1 saturated carbocycles. The van der Waals surface area contributed by atoms with Crippen molar-refractivity contribution >= 4 is 5.91 Å². The van der Waals surface area contributed by atoms with Crippen molar-refractivity contribution in [3.8, 4) is 0 Å². The Morgan fingerprint density at radius 3 is 2.68 bits per heavy atom. The number of benzene rings is 1. The van der Waals surface area contributed by atoms with Crippen LogP contribution in [0.3, 0.4) is 0 Å². The summed E-state index contributed by atoms with van der Waals surface area (Å²) in [6.45, 7) is 4.54. The number of rotatable bonds is 6. The van der Waals surface area contributed by atoms with Crippen LogP contribution >= 0.6 is 0 Å². The van der Waals surface area contributed by atoms with E-state index in [1.807, 2.05) is 32.0 Å². The van der Waals surface area contributed by atoms with Crippen LogP contribution in [-0.2, 0) is 4.79 Å². The van der Waals surface area contributed by atoms with E-state index in [4.69, 9.17) is 0 Å². The van der Waals surface area contributed by atoms with Crippen LogP contribution in [0.5, 0.6) is 0 Å². The van der Waals surface area contributed by atoms with Gasteiger partial charge in [0, 0.05) is 12.5 Å². The Kier molecular flexibility index (Phi) is 4.59. The predicted molar refractivity (Wildman–Crippen MR) is 75.8 cm³/mol. The first-order chi connectivity index (χ1) is 9.09. The summed E-state index contributed by atoms with van der Waals surface area (Å²) in [4.78, 5) is 11.9. The SMILES string of the molecule is CC(C)C(O)CCNC(=O)C1CC1c1ccccc1. The van der Waals surface area contributed by atoms with E-state index in [9.17, 15) is 9.90 Å². The monoisotopic (exact) mass is 261 g/mol. The number of aliphatic hydroxyl groups is 1. The Labute approximate surface area is 115 Å². The Hall–Kier alpha value is -1.35. The highest BCUT2D eigenvalue weighted by molar-refractivity contribution is 5.82. The molecule has 0 bridgehead atoms. The van der Waals surface area contributed by atoms with Gasteiger partial charge in [-0.25, -0.2) is 0 Å². The summed E-state index contributed by atoms with van der Waals surface area (Å²) in [5.74, 6) is 0.884. The lowest BCUT2D eigenvalue weighted by molar-refractivity contribution is -0.122. The molecule has 3 heteroatoms. The van der Waals surface area contributed by atoms with Gasteiger partial charge < -0.3 is 10.4 Å². The van der Waals surface area contributed by atoms with Gasteiger partial charge in [-0.15, -0.1) is 0 Å². The molecule has 1 aromatic rings.